The summed E-state index contributed by atoms with van der Waals surface area (Å²) < 4.78 is 1.26. The molecule has 4 fully saturated rings. The van der Waals surface area contributed by atoms with Gasteiger partial charge in [-0.05, 0) is 68.4 Å². The Hall–Kier alpha value is -1.76. The van der Waals surface area contributed by atoms with Crippen LogP contribution < -0.4 is 11.4 Å². The number of aromatic nitrogens is 1. The maximum atomic E-state index is 12.1. The Labute approximate surface area is 118 Å². The second kappa shape index (κ2) is 3.88. The normalized spacial score (nSPS) is 37.9. The van der Waals surface area contributed by atoms with E-state index in [0.717, 1.165) is 23.4 Å². The number of nitrogen functional groups attached to an aromatic ring is 1. The van der Waals surface area contributed by atoms with Crippen molar-refractivity contribution in [2.75, 3.05) is 5.84 Å². The molecule has 0 aliphatic heterocycles. The van der Waals surface area contributed by atoms with E-state index in [1.807, 2.05) is 12.1 Å². The van der Waals surface area contributed by atoms with Gasteiger partial charge in [-0.1, -0.05) is 0 Å². The molecule has 0 amide bonds. The largest absolute Gasteiger partial charge is 0.336 e. The van der Waals surface area contributed by atoms with Gasteiger partial charge in [-0.3, -0.25) is 4.79 Å². The van der Waals surface area contributed by atoms with Crippen LogP contribution in [0, 0.1) is 29.1 Å². The average Bonchev–Trinajstić information content (AvgIpc) is 2.40. The monoisotopic (exact) mass is 269 g/mol. The molecule has 0 aromatic carbocycles. The van der Waals surface area contributed by atoms with Gasteiger partial charge in [0.1, 0.15) is 11.6 Å². The predicted octanol–water partition coefficient (Wildman–Crippen LogP) is 1.90. The van der Waals surface area contributed by atoms with Crippen LogP contribution in [0.2, 0.25) is 0 Å². The van der Waals surface area contributed by atoms with Crippen molar-refractivity contribution in [2.45, 2.75) is 43.9 Å². The van der Waals surface area contributed by atoms with Gasteiger partial charge < -0.3 is 5.84 Å². The van der Waals surface area contributed by atoms with E-state index in [1.165, 1.54) is 43.2 Å². The summed E-state index contributed by atoms with van der Waals surface area (Å²) in [6.45, 7) is 0. The lowest BCUT2D eigenvalue weighted by Crippen LogP contribution is -2.51. The third-order valence-electron chi connectivity index (χ3n) is 5.82. The Kier molecular flexibility index (Phi) is 2.33. The fourth-order valence-corrected chi connectivity index (χ4v) is 5.49. The Balaban J connectivity index is 1.84. The molecule has 4 bridgehead atoms. The minimum absolute atomic E-state index is 0.0939. The fourth-order valence-electron chi connectivity index (χ4n) is 5.49. The summed E-state index contributed by atoms with van der Waals surface area (Å²) in [7, 11) is 0. The van der Waals surface area contributed by atoms with E-state index in [-0.39, 0.29) is 16.5 Å². The standard InChI is InChI=1S/C16H19N3O/c17-9-13-1-2-14(19(18)15(13)20)16-6-10-3-11(7-16)5-12(4-10)8-16/h1-2,10-12H,3-8,18H2. The number of pyridine rings is 1. The number of nitriles is 1. The average molecular weight is 269 g/mol. The molecule has 104 valence electrons. The Morgan fingerprint density at radius 3 is 2.20 bits per heavy atom. The van der Waals surface area contributed by atoms with E-state index in [2.05, 4.69) is 0 Å². The zero-order valence-corrected chi connectivity index (χ0v) is 11.5. The molecule has 1 aromatic rings. The van der Waals surface area contributed by atoms with E-state index < -0.39 is 0 Å². The molecule has 20 heavy (non-hydrogen) atoms. The summed E-state index contributed by atoms with van der Waals surface area (Å²) in [4.78, 5) is 12.1. The van der Waals surface area contributed by atoms with Gasteiger partial charge in [0.05, 0.1) is 0 Å². The predicted molar refractivity (Wildman–Crippen MR) is 75.4 cm³/mol. The molecular formula is C16H19N3O. The van der Waals surface area contributed by atoms with Crippen LogP contribution >= 0.6 is 0 Å². The fraction of sp³-hybridized carbons (Fsp3) is 0.625. The maximum absolute atomic E-state index is 12.1. The van der Waals surface area contributed by atoms with Crippen molar-refractivity contribution in [1.29, 1.82) is 5.26 Å². The van der Waals surface area contributed by atoms with Gasteiger partial charge in [-0.15, -0.1) is 0 Å². The van der Waals surface area contributed by atoms with Crippen molar-refractivity contribution in [1.82, 2.24) is 4.68 Å². The molecule has 0 saturated heterocycles. The second-order valence-corrected chi connectivity index (χ2v) is 7.12. The van der Waals surface area contributed by atoms with Gasteiger partial charge in [0.25, 0.3) is 5.56 Å². The van der Waals surface area contributed by atoms with Crippen LogP contribution in [0.25, 0.3) is 0 Å². The highest BCUT2D eigenvalue weighted by Gasteiger charge is 2.52. The topological polar surface area (TPSA) is 71.8 Å². The summed E-state index contributed by atoms with van der Waals surface area (Å²) in [6, 6.07) is 5.50. The first kappa shape index (κ1) is 12.0. The van der Waals surface area contributed by atoms with Crippen LogP contribution in [0.3, 0.4) is 0 Å². The molecule has 4 aliphatic rings. The molecule has 0 unspecified atom stereocenters. The SMILES string of the molecule is N#Cc1ccc(C23CC4CC(CC(C4)C2)C3)n(N)c1=O. The minimum Gasteiger partial charge on any atom is -0.336 e. The minimum atomic E-state index is -0.347. The lowest BCUT2D eigenvalue weighted by Gasteiger charge is -2.57. The first-order chi connectivity index (χ1) is 9.61. The van der Waals surface area contributed by atoms with E-state index in [0.29, 0.717) is 0 Å². The highest BCUT2D eigenvalue weighted by molar-refractivity contribution is 5.32. The van der Waals surface area contributed by atoms with Gasteiger partial charge >= 0.3 is 0 Å². The van der Waals surface area contributed by atoms with E-state index in [1.54, 1.807) is 6.07 Å². The van der Waals surface area contributed by atoms with Crippen LogP contribution in [-0.4, -0.2) is 4.68 Å². The smallest absolute Gasteiger partial charge is 0.286 e. The van der Waals surface area contributed by atoms with Crippen molar-refractivity contribution < 1.29 is 0 Å². The molecule has 4 aliphatic carbocycles. The van der Waals surface area contributed by atoms with Crippen molar-refractivity contribution in [3.8, 4) is 6.07 Å². The van der Waals surface area contributed by atoms with Crippen molar-refractivity contribution in [3.63, 3.8) is 0 Å². The zero-order chi connectivity index (χ0) is 13.9. The third kappa shape index (κ3) is 1.49. The summed E-state index contributed by atoms with van der Waals surface area (Å²) in [6.07, 6.45) is 7.60. The van der Waals surface area contributed by atoms with Gasteiger partial charge in [0.15, 0.2) is 0 Å². The lowest BCUT2D eigenvalue weighted by molar-refractivity contribution is -0.00859. The van der Waals surface area contributed by atoms with Crippen molar-refractivity contribution in [3.05, 3.63) is 33.7 Å². The Morgan fingerprint density at radius 2 is 1.70 bits per heavy atom. The quantitative estimate of drug-likeness (QED) is 0.791. The lowest BCUT2D eigenvalue weighted by atomic mass is 9.48. The van der Waals surface area contributed by atoms with Crippen LogP contribution in [0.1, 0.15) is 49.8 Å². The maximum Gasteiger partial charge on any atom is 0.286 e. The highest BCUT2D eigenvalue weighted by atomic mass is 16.1. The van der Waals surface area contributed by atoms with Crippen LogP contribution in [0.4, 0.5) is 0 Å². The summed E-state index contributed by atoms with van der Waals surface area (Å²) in [5, 5.41) is 8.95. The third-order valence-corrected chi connectivity index (χ3v) is 5.82. The first-order valence-corrected chi connectivity index (χ1v) is 7.53. The molecule has 1 aromatic heterocycles. The van der Waals surface area contributed by atoms with E-state index in [4.69, 9.17) is 11.1 Å². The van der Waals surface area contributed by atoms with Gasteiger partial charge in [0, 0.05) is 11.1 Å². The van der Waals surface area contributed by atoms with Crippen molar-refractivity contribution in [2.24, 2.45) is 17.8 Å². The van der Waals surface area contributed by atoms with Gasteiger partial charge in [-0.2, -0.15) is 5.26 Å². The molecule has 4 heteroatoms. The Bertz CT molecular complexity index is 632. The molecular weight excluding hydrogens is 250 g/mol. The Morgan fingerprint density at radius 1 is 1.15 bits per heavy atom. The first-order valence-electron chi connectivity index (χ1n) is 7.53. The number of rotatable bonds is 1. The summed E-state index contributed by atoms with van der Waals surface area (Å²) in [5.74, 6) is 8.47. The molecule has 0 spiro atoms. The van der Waals surface area contributed by atoms with Crippen LogP contribution in [0.15, 0.2) is 16.9 Å². The number of hydrogen-bond donors (Lipinski definition) is 1. The van der Waals surface area contributed by atoms with Crippen LogP contribution in [0.5, 0.6) is 0 Å². The van der Waals surface area contributed by atoms with Crippen molar-refractivity contribution >= 4 is 0 Å². The van der Waals surface area contributed by atoms with E-state index >= 15 is 0 Å². The molecule has 1 heterocycles. The summed E-state index contributed by atoms with van der Waals surface area (Å²) in [5.41, 5.74) is 0.846. The molecule has 0 atom stereocenters. The molecule has 5 rings (SSSR count). The zero-order valence-electron chi connectivity index (χ0n) is 11.5. The number of nitrogens with zero attached hydrogens (tertiary/aromatic N) is 2. The summed E-state index contributed by atoms with van der Waals surface area (Å²) >= 11 is 0. The molecule has 0 radical (unpaired) electrons. The second-order valence-electron chi connectivity index (χ2n) is 7.12. The highest BCUT2D eigenvalue weighted by Crippen LogP contribution is 2.60. The molecule has 4 nitrogen and oxygen atoms in total. The van der Waals surface area contributed by atoms with Gasteiger partial charge in [-0.25, -0.2) is 4.68 Å². The molecule has 2 N–H and O–H groups in total. The van der Waals surface area contributed by atoms with E-state index in [9.17, 15) is 4.79 Å². The van der Waals surface area contributed by atoms with Crippen LogP contribution in [-0.2, 0) is 5.41 Å². The van der Waals surface area contributed by atoms with Gasteiger partial charge in [0.2, 0.25) is 0 Å². The number of nitrogens with two attached hydrogens (primary N) is 1. The number of hydrogen-bond acceptors (Lipinski definition) is 3. The molecule has 4 saturated carbocycles.